The Bertz CT molecular complexity index is 371. The Morgan fingerprint density at radius 3 is 1.94 bits per heavy atom. The van der Waals surface area contributed by atoms with E-state index in [-0.39, 0.29) is 11.8 Å². The molecule has 1 aromatic rings. The molecule has 86 valence electrons. The highest BCUT2D eigenvalue weighted by atomic mass is 35.5. The first-order valence-corrected chi connectivity index (χ1v) is 5.26. The van der Waals surface area contributed by atoms with Gasteiger partial charge in [0.15, 0.2) is 0 Å². The highest BCUT2D eigenvalue weighted by Gasteiger charge is 2.25. The molecule has 1 atom stereocenters. The number of carbonyl (C=O) groups excluding carboxylic acids is 2. The zero-order valence-corrected chi connectivity index (χ0v) is 9.49. The average molecular weight is 242 g/mol. The minimum Gasteiger partial charge on any atom is -0.378 e. The molecule has 0 aromatic heterocycles. The number of aliphatic hydroxyl groups excluding tert-OH is 1. The maximum atomic E-state index is 10.9. The number of aliphatic hydroxyl groups is 1. The monoisotopic (exact) mass is 241 g/mol. The number of fused-ring (bicyclic) bond motifs is 1. The van der Waals surface area contributed by atoms with Crippen molar-refractivity contribution in [3.05, 3.63) is 35.4 Å². The van der Waals surface area contributed by atoms with Gasteiger partial charge in [0.05, 0.1) is 11.1 Å². The van der Waals surface area contributed by atoms with E-state index in [9.17, 15) is 9.59 Å². The summed E-state index contributed by atoms with van der Waals surface area (Å²) in [5.41, 5.74) is 0.296. The number of nitrogens with one attached hydrogen (secondary N) is 1. The van der Waals surface area contributed by atoms with Crippen LogP contribution in [0.2, 0.25) is 0 Å². The highest BCUT2D eigenvalue weighted by Crippen LogP contribution is 2.13. The summed E-state index contributed by atoms with van der Waals surface area (Å²) < 4.78 is 0. The second-order valence-corrected chi connectivity index (χ2v) is 3.68. The number of imide groups is 1. The topological polar surface area (TPSA) is 66.4 Å². The van der Waals surface area contributed by atoms with Crippen LogP contribution < -0.4 is 5.32 Å². The van der Waals surface area contributed by atoms with Crippen molar-refractivity contribution in [2.24, 2.45) is 0 Å². The molecule has 0 bridgehead atoms. The van der Waals surface area contributed by atoms with Gasteiger partial charge in [-0.05, 0) is 18.6 Å². The van der Waals surface area contributed by atoms with Crippen LogP contribution in [0.3, 0.4) is 0 Å². The lowest BCUT2D eigenvalue weighted by molar-refractivity contribution is 0.0879. The van der Waals surface area contributed by atoms with Crippen LogP contribution in [0.1, 0.15) is 34.1 Å². The minimum atomic E-state index is -0.644. The van der Waals surface area contributed by atoms with E-state index in [1.165, 1.54) is 0 Å². The van der Waals surface area contributed by atoms with Gasteiger partial charge in [-0.25, -0.2) is 0 Å². The Hall–Kier alpha value is -1.39. The third-order valence-corrected chi connectivity index (χ3v) is 2.29. The van der Waals surface area contributed by atoms with Gasteiger partial charge < -0.3 is 5.11 Å². The summed E-state index contributed by atoms with van der Waals surface area (Å²) in [5.74, 6) is -0.601. The van der Waals surface area contributed by atoms with E-state index >= 15 is 0 Å². The Kier molecular flexibility index (Phi) is 4.46. The Labute approximate surface area is 98.2 Å². The van der Waals surface area contributed by atoms with Crippen molar-refractivity contribution in [1.29, 1.82) is 0 Å². The molecule has 4 nitrogen and oxygen atoms in total. The molecule has 0 radical (unpaired) electrons. The predicted octanol–water partition coefficient (Wildman–Crippen LogP) is 1.52. The van der Waals surface area contributed by atoms with E-state index in [0.29, 0.717) is 17.5 Å². The Morgan fingerprint density at radius 2 is 1.62 bits per heavy atom. The quantitative estimate of drug-likeness (QED) is 0.579. The first-order valence-electron chi connectivity index (χ1n) is 4.83. The van der Waals surface area contributed by atoms with Crippen LogP contribution in [0.25, 0.3) is 0 Å². The van der Waals surface area contributed by atoms with Crippen molar-refractivity contribution < 1.29 is 14.7 Å². The number of alkyl halides is 1. The van der Waals surface area contributed by atoms with Gasteiger partial charge in [0.1, 0.15) is 5.56 Å². The van der Waals surface area contributed by atoms with Crippen LogP contribution in [0, 0.1) is 0 Å². The molecule has 0 saturated heterocycles. The first-order chi connectivity index (χ1) is 7.56. The highest BCUT2D eigenvalue weighted by molar-refractivity contribution is 6.21. The van der Waals surface area contributed by atoms with Crippen molar-refractivity contribution in [2.75, 3.05) is 0 Å². The fourth-order valence-corrected chi connectivity index (χ4v) is 1.12. The SMILES string of the molecule is CCC(O)Cl.O=C1NC(=O)c2ccccc21. The van der Waals surface area contributed by atoms with Gasteiger partial charge in [-0.1, -0.05) is 30.7 Å². The summed E-state index contributed by atoms with van der Waals surface area (Å²) in [7, 11) is 0. The van der Waals surface area contributed by atoms with E-state index in [2.05, 4.69) is 5.32 Å². The Balaban J connectivity index is 0.000000221. The lowest BCUT2D eigenvalue weighted by Gasteiger charge is -1.88. The number of hydrogen-bond donors (Lipinski definition) is 2. The van der Waals surface area contributed by atoms with Crippen LogP contribution in [-0.2, 0) is 0 Å². The molecule has 0 spiro atoms. The second-order valence-electron chi connectivity index (χ2n) is 3.17. The molecule has 2 amide bonds. The van der Waals surface area contributed by atoms with Crippen LogP contribution in [0.5, 0.6) is 0 Å². The van der Waals surface area contributed by atoms with Crippen LogP contribution in [-0.4, -0.2) is 22.5 Å². The van der Waals surface area contributed by atoms with E-state index in [4.69, 9.17) is 16.7 Å². The molecule has 1 heterocycles. The zero-order valence-electron chi connectivity index (χ0n) is 8.74. The minimum absolute atomic E-state index is 0.300. The van der Waals surface area contributed by atoms with Crippen LogP contribution in [0.4, 0.5) is 0 Å². The van der Waals surface area contributed by atoms with Gasteiger partial charge in [-0.3, -0.25) is 14.9 Å². The maximum absolute atomic E-state index is 10.9. The molecule has 2 N–H and O–H groups in total. The molecule has 0 aliphatic carbocycles. The standard InChI is InChI=1S/C8H5NO2.C3H7ClO/c10-7-5-3-1-2-4-6(5)8(11)9-7;1-2-3(4)5/h1-4H,(H,9,10,11);3,5H,2H2,1H3. The number of hydrogen-bond acceptors (Lipinski definition) is 3. The van der Waals surface area contributed by atoms with Gasteiger partial charge in [0.25, 0.3) is 11.8 Å². The lowest BCUT2D eigenvalue weighted by atomic mass is 10.1. The average Bonchev–Trinajstić information content (AvgIpc) is 2.56. The van der Waals surface area contributed by atoms with Crippen LogP contribution >= 0.6 is 11.6 Å². The zero-order chi connectivity index (χ0) is 12.1. The van der Waals surface area contributed by atoms with Crippen molar-refractivity contribution >= 4 is 23.4 Å². The molecule has 2 rings (SSSR count). The van der Waals surface area contributed by atoms with Crippen molar-refractivity contribution in [3.8, 4) is 0 Å². The molecular formula is C11H12ClNO3. The number of carbonyl (C=O) groups is 2. The third-order valence-electron chi connectivity index (χ3n) is 1.98. The number of rotatable bonds is 1. The van der Waals surface area contributed by atoms with E-state index in [1.54, 1.807) is 24.3 Å². The molecule has 1 unspecified atom stereocenters. The molecule has 1 aliphatic heterocycles. The summed E-state index contributed by atoms with van der Waals surface area (Å²) in [4.78, 5) is 21.9. The fourth-order valence-electron chi connectivity index (χ4n) is 1.12. The largest absolute Gasteiger partial charge is 0.378 e. The van der Waals surface area contributed by atoms with E-state index in [1.807, 2.05) is 6.92 Å². The molecule has 5 heteroatoms. The molecule has 0 saturated carbocycles. The molecule has 1 aromatic carbocycles. The smallest absolute Gasteiger partial charge is 0.258 e. The molecule has 0 fully saturated rings. The van der Waals surface area contributed by atoms with E-state index < -0.39 is 5.56 Å². The molecule has 16 heavy (non-hydrogen) atoms. The summed E-state index contributed by atoms with van der Waals surface area (Å²) >= 11 is 5.02. The van der Waals surface area contributed by atoms with Crippen molar-refractivity contribution in [3.63, 3.8) is 0 Å². The van der Waals surface area contributed by atoms with Gasteiger partial charge in [-0.15, -0.1) is 0 Å². The lowest BCUT2D eigenvalue weighted by Crippen LogP contribution is -2.19. The number of halogens is 1. The fraction of sp³-hybridized carbons (Fsp3) is 0.273. The normalized spacial score (nSPS) is 14.7. The van der Waals surface area contributed by atoms with Crippen LogP contribution in [0.15, 0.2) is 24.3 Å². The summed E-state index contributed by atoms with van der Waals surface area (Å²) in [6.45, 7) is 1.82. The van der Waals surface area contributed by atoms with Gasteiger partial charge in [0, 0.05) is 0 Å². The van der Waals surface area contributed by atoms with Crippen molar-refractivity contribution in [1.82, 2.24) is 5.32 Å². The Morgan fingerprint density at radius 1 is 1.25 bits per heavy atom. The summed E-state index contributed by atoms with van der Waals surface area (Å²) in [6.07, 6.45) is 0.627. The van der Waals surface area contributed by atoms with Gasteiger partial charge >= 0.3 is 0 Å². The first kappa shape index (κ1) is 12.7. The third kappa shape index (κ3) is 3.05. The predicted molar refractivity (Wildman–Crippen MR) is 60.4 cm³/mol. The second kappa shape index (κ2) is 5.63. The van der Waals surface area contributed by atoms with Gasteiger partial charge in [-0.2, -0.15) is 0 Å². The van der Waals surface area contributed by atoms with Crippen molar-refractivity contribution in [2.45, 2.75) is 18.9 Å². The summed E-state index contributed by atoms with van der Waals surface area (Å²) in [5, 5.41) is 10.3. The maximum Gasteiger partial charge on any atom is 0.258 e. The number of amides is 2. The number of benzene rings is 1. The molecule has 1 aliphatic rings. The van der Waals surface area contributed by atoms with E-state index in [0.717, 1.165) is 0 Å². The summed E-state index contributed by atoms with van der Waals surface area (Å²) in [6, 6.07) is 6.74. The van der Waals surface area contributed by atoms with Gasteiger partial charge in [0.2, 0.25) is 0 Å². The molecular weight excluding hydrogens is 230 g/mol.